The maximum Gasteiger partial charge on any atom is 0.309 e. The van der Waals surface area contributed by atoms with Crippen LogP contribution in [0.2, 0.25) is 0 Å². The highest BCUT2D eigenvalue weighted by atomic mass is 16.5. The number of hydrogen-bond acceptors (Lipinski definition) is 5. The largest absolute Gasteiger partial charge is 0.468 e. The lowest BCUT2D eigenvalue weighted by molar-refractivity contribution is -0.139. The van der Waals surface area contributed by atoms with Gasteiger partial charge < -0.3 is 19.8 Å². The van der Waals surface area contributed by atoms with E-state index in [1.54, 1.807) is 6.26 Å². The van der Waals surface area contributed by atoms with Crippen molar-refractivity contribution in [3.8, 4) is 0 Å². The Bertz CT molecular complexity index is 507. The average Bonchev–Trinajstić information content (AvgIpc) is 3.19. The molecule has 1 aliphatic heterocycles. The number of rotatable bonds is 5. The van der Waals surface area contributed by atoms with Gasteiger partial charge >= 0.3 is 11.8 Å². The van der Waals surface area contributed by atoms with Crippen LogP contribution in [0.3, 0.4) is 0 Å². The Balaban J connectivity index is 1.57. The van der Waals surface area contributed by atoms with Gasteiger partial charge in [0.1, 0.15) is 5.76 Å². The van der Waals surface area contributed by atoms with Gasteiger partial charge in [0, 0.05) is 25.7 Å². The molecule has 2 amide bonds. The normalized spacial score (nSPS) is 20.4. The zero-order valence-electron chi connectivity index (χ0n) is 12.4. The Morgan fingerprint density at radius 1 is 1.27 bits per heavy atom. The number of hydrogen-bond donors (Lipinski definition) is 2. The molecule has 2 fully saturated rings. The van der Waals surface area contributed by atoms with Gasteiger partial charge in [-0.3, -0.25) is 14.5 Å². The molecule has 0 radical (unpaired) electrons. The van der Waals surface area contributed by atoms with E-state index in [2.05, 4.69) is 15.5 Å². The summed E-state index contributed by atoms with van der Waals surface area (Å²) < 4.78 is 10.8. The van der Waals surface area contributed by atoms with E-state index in [1.807, 2.05) is 12.1 Å². The van der Waals surface area contributed by atoms with Crippen molar-refractivity contribution in [2.24, 2.45) is 0 Å². The first-order chi connectivity index (χ1) is 10.7. The zero-order valence-corrected chi connectivity index (χ0v) is 12.4. The van der Waals surface area contributed by atoms with Gasteiger partial charge in [-0.25, -0.2) is 0 Å². The Morgan fingerprint density at radius 2 is 2.05 bits per heavy atom. The van der Waals surface area contributed by atoms with E-state index in [-0.39, 0.29) is 12.1 Å². The van der Waals surface area contributed by atoms with Crippen molar-refractivity contribution in [3.05, 3.63) is 24.2 Å². The maximum atomic E-state index is 11.9. The summed E-state index contributed by atoms with van der Waals surface area (Å²) in [6.07, 6.45) is 3.54. The molecule has 2 heterocycles. The molecule has 1 saturated heterocycles. The van der Waals surface area contributed by atoms with Crippen LogP contribution in [0.4, 0.5) is 0 Å². The molecule has 0 aromatic carbocycles. The van der Waals surface area contributed by atoms with Crippen LogP contribution in [0.15, 0.2) is 22.8 Å². The topological polar surface area (TPSA) is 83.8 Å². The maximum absolute atomic E-state index is 11.9. The van der Waals surface area contributed by atoms with Gasteiger partial charge in [-0.1, -0.05) is 0 Å². The van der Waals surface area contributed by atoms with Crippen molar-refractivity contribution in [2.45, 2.75) is 24.9 Å². The standard InChI is InChI=1S/C15H21N3O4/c19-14(15(20)17-11-3-4-11)16-10-12(13-2-1-7-22-13)18-5-8-21-9-6-18/h1-2,7,11-12H,3-6,8-10H2,(H,16,19)(H,17,20). The number of ether oxygens (including phenoxy) is 1. The molecule has 120 valence electrons. The third kappa shape index (κ3) is 3.86. The molecule has 1 aromatic heterocycles. The predicted molar refractivity (Wildman–Crippen MR) is 78.0 cm³/mol. The quantitative estimate of drug-likeness (QED) is 0.751. The number of furan rings is 1. The van der Waals surface area contributed by atoms with Gasteiger partial charge in [0.15, 0.2) is 0 Å². The monoisotopic (exact) mass is 307 g/mol. The van der Waals surface area contributed by atoms with E-state index in [9.17, 15) is 9.59 Å². The van der Waals surface area contributed by atoms with Gasteiger partial charge in [-0.2, -0.15) is 0 Å². The summed E-state index contributed by atoms with van der Waals surface area (Å²) in [6.45, 7) is 3.20. The second-order valence-electron chi connectivity index (χ2n) is 5.64. The van der Waals surface area contributed by atoms with Crippen LogP contribution in [0, 0.1) is 0 Å². The number of nitrogens with zero attached hydrogens (tertiary/aromatic N) is 1. The smallest absolute Gasteiger partial charge is 0.309 e. The summed E-state index contributed by atoms with van der Waals surface area (Å²) >= 11 is 0. The second-order valence-corrected chi connectivity index (χ2v) is 5.64. The molecule has 3 rings (SSSR count). The summed E-state index contributed by atoms with van der Waals surface area (Å²) in [4.78, 5) is 25.8. The summed E-state index contributed by atoms with van der Waals surface area (Å²) in [5.41, 5.74) is 0. The van der Waals surface area contributed by atoms with Crippen molar-refractivity contribution in [3.63, 3.8) is 0 Å². The van der Waals surface area contributed by atoms with Gasteiger partial charge in [-0.05, 0) is 25.0 Å². The Morgan fingerprint density at radius 3 is 2.68 bits per heavy atom. The first kappa shape index (κ1) is 15.1. The highest BCUT2D eigenvalue weighted by molar-refractivity contribution is 6.35. The average molecular weight is 307 g/mol. The highest BCUT2D eigenvalue weighted by Crippen LogP contribution is 2.21. The van der Waals surface area contributed by atoms with Crippen molar-refractivity contribution in [2.75, 3.05) is 32.8 Å². The first-order valence-corrected chi connectivity index (χ1v) is 7.68. The fraction of sp³-hybridized carbons (Fsp3) is 0.600. The summed E-state index contributed by atoms with van der Waals surface area (Å²) in [5, 5.41) is 5.39. The number of nitrogens with one attached hydrogen (secondary N) is 2. The lowest BCUT2D eigenvalue weighted by Gasteiger charge is -2.33. The summed E-state index contributed by atoms with van der Waals surface area (Å²) in [5.74, 6) is -0.357. The fourth-order valence-electron chi connectivity index (χ4n) is 2.53. The third-order valence-corrected chi connectivity index (χ3v) is 3.93. The van der Waals surface area contributed by atoms with Crippen LogP contribution in [0.5, 0.6) is 0 Å². The number of carbonyl (C=O) groups is 2. The van der Waals surface area contributed by atoms with Crippen molar-refractivity contribution < 1.29 is 18.7 Å². The zero-order chi connectivity index (χ0) is 15.4. The Kier molecular flexibility index (Phi) is 4.74. The van der Waals surface area contributed by atoms with E-state index >= 15 is 0 Å². The van der Waals surface area contributed by atoms with Gasteiger partial charge in [0.25, 0.3) is 0 Å². The molecule has 2 N–H and O–H groups in total. The van der Waals surface area contributed by atoms with Crippen molar-refractivity contribution in [1.82, 2.24) is 15.5 Å². The minimum absolute atomic E-state index is 0.0865. The summed E-state index contributed by atoms with van der Waals surface area (Å²) in [6, 6.07) is 3.80. The number of amides is 2. The molecule has 7 nitrogen and oxygen atoms in total. The first-order valence-electron chi connectivity index (χ1n) is 7.68. The molecule has 0 spiro atoms. The number of morpholine rings is 1. The third-order valence-electron chi connectivity index (χ3n) is 3.93. The van der Waals surface area contributed by atoms with Crippen LogP contribution in [-0.4, -0.2) is 55.6 Å². The molecular formula is C15H21N3O4. The molecule has 1 aromatic rings. The van der Waals surface area contributed by atoms with Gasteiger partial charge in [-0.15, -0.1) is 0 Å². The van der Waals surface area contributed by atoms with Crippen LogP contribution in [-0.2, 0) is 14.3 Å². The van der Waals surface area contributed by atoms with E-state index in [1.165, 1.54) is 0 Å². The number of carbonyl (C=O) groups excluding carboxylic acids is 2. The molecule has 1 atom stereocenters. The van der Waals surface area contributed by atoms with E-state index in [4.69, 9.17) is 9.15 Å². The van der Waals surface area contributed by atoms with E-state index in [0.717, 1.165) is 31.7 Å². The van der Waals surface area contributed by atoms with Gasteiger partial charge in [0.05, 0.1) is 25.5 Å². The van der Waals surface area contributed by atoms with E-state index in [0.29, 0.717) is 19.8 Å². The van der Waals surface area contributed by atoms with E-state index < -0.39 is 11.8 Å². The lowest BCUT2D eigenvalue weighted by atomic mass is 10.1. The second kappa shape index (κ2) is 6.93. The van der Waals surface area contributed by atoms with Gasteiger partial charge in [0.2, 0.25) is 0 Å². The molecule has 22 heavy (non-hydrogen) atoms. The van der Waals surface area contributed by atoms with Crippen molar-refractivity contribution in [1.29, 1.82) is 0 Å². The minimum atomic E-state index is -0.586. The summed E-state index contributed by atoms with van der Waals surface area (Å²) in [7, 11) is 0. The van der Waals surface area contributed by atoms with Crippen LogP contribution >= 0.6 is 0 Å². The highest BCUT2D eigenvalue weighted by Gasteiger charge is 2.28. The SMILES string of the molecule is O=C(NCC(c1ccco1)N1CCOCC1)C(=O)NC1CC1. The Hall–Kier alpha value is -1.86. The fourth-order valence-corrected chi connectivity index (χ4v) is 2.53. The molecule has 1 unspecified atom stereocenters. The predicted octanol–water partition coefficient (Wildman–Crippen LogP) is 0.0477. The molecule has 0 bridgehead atoms. The minimum Gasteiger partial charge on any atom is -0.468 e. The van der Waals surface area contributed by atoms with Crippen molar-refractivity contribution >= 4 is 11.8 Å². The molecule has 7 heteroatoms. The van der Waals surface area contributed by atoms with Crippen LogP contribution < -0.4 is 10.6 Å². The molecular weight excluding hydrogens is 286 g/mol. The van der Waals surface area contributed by atoms with Crippen LogP contribution in [0.25, 0.3) is 0 Å². The molecule has 2 aliphatic rings. The Labute approximate surface area is 129 Å². The molecule has 1 aliphatic carbocycles. The lowest BCUT2D eigenvalue weighted by Crippen LogP contribution is -2.47. The van der Waals surface area contributed by atoms with Crippen LogP contribution in [0.1, 0.15) is 24.6 Å². The molecule has 1 saturated carbocycles.